The monoisotopic (exact) mass is 252 g/mol. The Morgan fingerprint density at radius 2 is 2.39 bits per heavy atom. The molecule has 0 unspecified atom stereocenters. The minimum atomic E-state index is 0.412. The second kappa shape index (κ2) is 6.85. The molecule has 0 amide bonds. The first kappa shape index (κ1) is 13.5. The fraction of sp³-hybridized carbons (Fsp3) is 0.846. The Balaban J connectivity index is 1.92. The van der Waals surface area contributed by atoms with Gasteiger partial charge in [-0.15, -0.1) is 0 Å². The first-order valence-corrected chi connectivity index (χ1v) is 7.04. The van der Waals surface area contributed by atoms with Gasteiger partial charge in [0.1, 0.15) is 12.2 Å². The van der Waals surface area contributed by atoms with Gasteiger partial charge < -0.3 is 4.74 Å². The van der Waals surface area contributed by atoms with Crippen LogP contribution in [0.5, 0.6) is 0 Å². The van der Waals surface area contributed by atoms with Crippen LogP contribution in [0.15, 0.2) is 6.33 Å². The number of nitrogens with zero attached hydrogens (tertiary/aromatic N) is 4. The summed E-state index contributed by atoms with van der Waals surface area (Å²) in [6.45, 7) is 9.11. The molecule has 102 valence electrons. The van der Waals surface area contributed by atoms with Crippen LogP contribution in [0.25, 0.3) is 0 Å². The lowest BCUT2D eigenvalue weighted by Gasteiger charge is -2.24. The average molecular weight is 252 g/mol. The first-order chi connectivity index (χ1) is 8.83. The summed E-state index contributed by atoms with van der Waals surface area (Å²) in [5.41, 5.74) is 0. The Morgan fingerprint density at radius 3 is 3.06 bits per heavy atom. The Kier molecular flexibility index (Phi) is 5.13. The van der Waals surface area contributed by atoms with Crippen molar-refractivity contribution in [3.8, 4) is 0 Å². The second-order valence-electron chi connectivity index (χ2n) is 4.86. The van der Waals surface area contributed by atoms with Crippen molar-refractivity contribution in [3.05, 3.63) is 12.2 Å². The Hall–Kier alpha value is -0.940. The van der Waals surface area contributed by atoms with E-state index in [1.165, 1.54) is 12.8 Å². The summed E-state index contributed by atoms with van der Waals surface area (Å²) < 4.78 is 7.69. The molecule has 1 aromatic rings. The van der Waals surface area contributed by atoms with Crippen LogP contribution < -0.4 is 0 Å². The molecule has 5 nitrogen and oxygen atoms in total. The highest BCUT2D eigenvalue weighted by molar-refractivity contribution is 4.85. The first-order valence-electron chi connectivity index (χ1n) is 7.04. The van der Waals surface area contributed by atoms with Gasteiger partial charge in [-0.05, 0) is 32.7 Å². The number of ether oxygens (including phenoxy) is 1. The highest BCUT2D eigenvalue weighted by Gasteiger charge is 2.20. The van der Waals surface area contributed by atoms with E-state index in [0.717, 1.165) is 45.0 Å². The molecule has 1 atom stereocenters. The molecular weight excluding hydrogens is 228 g/mol. The van der Waals surface area contributed by atoms with Crippen molar-refractivity contribution >= 4 is 0 Å². The highest BCUT2D eigenvalue weighted by atomic mass is 16.5. The number of aromatic nitrogens is 3. The van der Waals surface area contributed by atoms with Crippen molar-refractivity contribution in [2.24, 2.45) is 0 Å². The van der Waals surface area contributed by atoms with E-state index in [-0.39, 0.29) is 0 Å². The average Bonchev–Trinajstić information content (AvgIpc) is 3.00. The van der Waals surface area contributed by atoms with Gasteiger partial charge in [-0.3, -0.25) is 4.90 Å². The lowest BCUT2D eigenvalue weighted by molar-refractivity contribution is 0.0693. The third-order valence-corrected chi connectivity index (χ3v) is 3.39. The Labute approximate surface area is 109 Å². The second-order valence-corrected chi connectivity index (χ2v) is 4.86. The lowest BCUT2D eigenvalue weighted by Crippen LogP contribution is -2.33. The summed E-state index contributed by atoms with van der Waals surface area (Å²) >= 11 is 0. The third-order valence-electron chi connectivity index (χ3n) is 3.39. The topological polar surface area (TPSA) is 43.2 Å². The third kappa shape index (κ3) is 3.53. The van der Waals surface area contributed by atoms with Gasteiger partial charge in [-0.2, -0.15) is 5.10 Å². The van der Waals surface area contributed by atoms with E-state index in [1.54, 1.807) is 6.33 Å². The van der Waals surface area contributed by atoms with Crippen molar-refractivity contribution in [2.45, 2.75) is 52.3 Å². The zero-order valence-electron chi connectivity index (χ0n) is 11.5. The summed E-state index contributed by atoms with van der Waals surface area (Å²) in [6.07, 6.45) is 5.62. The van der Waals surface area contributed by atoms with Crippen LogP contribution in [0.4, 0.5) is 0 Å². The van der Waals surface area contributed by atoms with E-state index in [0.29, 0.717) is 6.10 Å². The Bertz CT molecular complexity index is 347. The van der Waals surface area contributed by atoms with Gasteiger partial charge in [0.05, 0.1) is 12.6 Å². The molecule has 0 bridgehead atoms. The summed E-state index contributed by atoms with van der Waals surface area (Å²) in [6, 6.07) is 0. The molecule has 1 aliphatic rings. The number of aryl methyl sites for hydroxylation is 1. The molecule has 0 aliphatic carbocycles. The fourth-order valence-electron chi connectivity index (χ4n) is 2.50. The van der Waals surface area contributed by atoms with E-state index < -0.39 is 0 Å². The summed E-state index contributed by atoms with van der Waals surface area (Å²) in [5.74, 6) is 1.06. The molecular formula is C13H24N4O. The van der Waals surface area contributed by atoms with E-state index in [9.17, 15) is 0 Å². The maximum absolute atomic E-state index is 5.72. The molecule has 1 aromatic heterocycles. The zero-order chi connectivity index (χ0) is 12.8. The highest BCUT2D eigenvalue weighted by Crippen LogP contribution is 2.14. The van der Waals surface area contributed by atoms with Crippen LogP contribution in [0.1, 0.15) is 38.9 Å². The molecule has 0 spiro atoms. The molecule has 18 heavy (non-hydrogen) atoms. The smallest absolute Gasteiger partial charge is 0.140 e. The maximum Gasteiger partial charge on any atom is 0.140 e. The zero-order valence-corrected chi connectivity index (χ0v) is 11.5. The van der Waals surface area contributed by atoms with E-state index in [4.69, 9.17) is 4.74 Å². The molecule has 2 rings (SSSR count). The minimum absolute atomic E-state index is 0.412. The fourth-order valence-corrected chi connectivity index (χ4v) is 2.50. The largest absolute Gasteiger partial charge is 0.377 e. The molecule has 5 heteroatoms. The van der Waals surface area contributed by atoms with E-state index >= 15 is 0 Å². The van der Waals surface area contributed by atoms with E-state index in [1.807, 2.05) is 4.68 Å². The van der Waals surface area contributed by atoms with E-state index in [2.05, 4.69) is 28.8 Å². The predicted octanol–water partition coefficient (Wildman–Crippen LogP) is 1.69. The normalized spacial score (nSPS) is 19.8. The summed E-state index contributed by atoms with van der Waals surface area (Å²) in [5, 5.41) is 4.23. The molecule has 0 aromatic carbocycles. The van der Waals surface area contributed by atoms with Gasteiger partial charge in [0.15, 0.2) is 0 Å². The number of rotatable bonds is 7. The standard InChI is InChI=1S/C13H24N4O/c1-3-7-16(9-12-6-5-8-18-12)10-13-14-11-15-17(13)4-2/h11-12H,3-10H2,1-2H3/t12-/m1/s1. The number of hydrogen-bond donors (Lipinski definition) is 0. The van der Waals surface area contributed by atoms with Crippen LogP contribution in [-0.4, -0.2) is 45.5 Å². The molecule has 0 N–H and O–H groups in total. The molecule has 1 fully saturated rings. The maximum atomic E-state index is 5.72. The molecule has 0 radical (unpaired) electrons. The summed E-state index contributed by atoms with van der Waals surface area (Å²) in [4.78, 5) is 6.79. The molecule has 1 aliphatic heterocycles. The number of hydrogen-bond acceptors (Lipinski definition) is 4. The van der Waals surface area contributed by atoms with Crippen molar-refractivity contribution in [3.63, 3.8) is 0 Å². The van der Waals surface area contributed by atoms with Crippen molar-refractivity contribution < 1.29 is 4.74 Å². The van der Waals surface area contributed by atoms with Gasteiger partial charge in [-0.25, -0.2) is 9.67 Å². The van der Waals surface area contributed by atoms with Gasteiger partial charge in [0, 0.05) is 19.7 Å². The summed E-state index contributed by atoms with van der Waals surface area (Å²) in [7, 11) is 0. The van der Waals surface area contributed by atoms with Crippen LogP contribution in [0.2, 0.25) is 0 Å². The lowest BCUT2D eigenvalue weighted by atomic mass is 10.2. The van der Waals surface area contributed by atoms with Crippen LogP contribution in [0.3, 0.4) is 0 Å². The van der Waals surface area contributed by atoms with Crippen molar-refractivity contribution in [1.82, 2.24) is 19.7 Å². The van der Waals surface area contributed by atoms with Crippen LogP contribution in [0, 0.1) is 0 Å². The van der Waals surface area contributed by atoms with Gasteiger partial charge in [-0.1, -0.05) is 6.92 Å². The SMILES string of the molecule is CCCN(Cc1ncnn1CC)C[C@H]1CCCO1. The van der Waals surface area contributed by atoms with Crippen LogP contribution in [-0.2, 0) is 17.8 Å². The van der Waals surface area contributed by atoms with Crippen LogP contribution >= 0.6 is 0 Å². The molecule has 0 saturated carbocycles. The minimum Gasteiger partial charge on any atom is -0.377 e. The molecule has 2 heterocycles. The quantitative estimate of drug-likeness (QED) is 0.740. The van der Waals surface area contributed by atoms with Crippen molar-refractivity contribution in [2.75, 3.05) is 19.7 Å². The predicted molar refractivity (Wildman–Crippen MR) is 70.2 cm³/mol. The van der Waals surface area contributed by atoms with Gasteiger partial charge in [0.25, 0.3) is 0 Å². The molecule has 1 saturated heterocycles. The van der Waals surface area contributed by atoms with Gasteiger partial charge >= 0.3 is 0 Å². The Morgan fingerprint density at radius 1 is 1.50 bits per heavy atom. The van der Waals surface area contributed by atoms with Gasteiger partial charge in [0.2, 0.25) is 0 Å². The van der Waals surface area contributed by atoms with Crippen molar-refractivity contribution in [1.29, 1.82) is 0 Å².